The van der Waals surface area contributed by atoms with Crippen molar-refractivity contribution in [1.82, 2.24) is 4.98 Å². The Morgan fingerprint density at radius 2 is 1.20 bits per heavy atom. The summed E-state index contributed by atoms with van der Waals surface area (Å²) >= 11 is 0. The second-order valence-corrected chi connectivity index (χ2v) is 11.1. The van der Waals surface area contributed by atoms with Crippen molar-refractivity contribution in [1.29, 1.82) is 0 Å². The van der Waals surface area contributed by atoms with Crippen molar-refractivity contribution in [3.63, 3.8) is 0 Å². The SMILES string of the molecule is CCN(CC)c1ccc(C=CC2=NN(c3ccccn3)C(C=Cc3ccc(N(CC)CC)cc3)C2Cc2ccccc2)cc1. The minimum absolute atomic E-state index is 0.0113. The highest BCUT2D eigenvalue weighted by atomic mass is 15.5. The highest BCUT2D eigenvalue weighted by molar-refractivity contribution is 6.03. The van der Waals surface area contributed by atoms with Gasteiger partial charge in [-0.05, 0) is 93.3 Å². The molecule has 2 heterocycles. The van der Waals surface area contributed by atoms with E-state index in [9.17, 15) is 0 Å². The van der Waals surface area contributed by atoms with E-state index >= 15 is 0 Å². The van der Waals surface area contributed by atoms with Crippen LogP contribution in [0.25, 0.3) is 12.2 Å². The van der Waals surface area contributed by atoms with Gasteiger partial charge in [0.15, 0.2) is 0 Å². The summed E-state index contributed by atoms with van der Waals surface area (Å²) in [4.78, 5) is 9.44. The summed E-state index contributed by atoms with van der Waals surface area (Å²) in [7, 11) is 0. The molecule has 0 fully saturated rings. The van der Waals surface area contributed by atoms with Crippen LogP contribution in [0.4, 0.5) is 17.2 Å². The van der Waals surface area contributed by atoms with Gasteiger partial charge in [0.25, 0.3) is 0 Å². The first-order chi connectivity index (χ1) is 21.6. The average molecular weight is 584 g/mol. The number of anilines is 3. The topological polar surface area (TPSA) is 35.0 Å². The Balaban J connectivity index is 1.47. The van der Waals surface area contributed by atoms with E-state index in [1.54, 1.807) is 0 Å². The minimum Gasteiger partial charge on any atom is -0.372 e. The first-order valence-electron chi connectivity index (χ1n) is 16.0. The number of nitrogens with zero attached hydrogens (tertiary/aromatic N) is 5. The molecule has 0 radical (unpaired) electrons. The van der Waals surface area contributed by atoms with Crippen molar-refractivity contribution in [2.24, 2.45) is 11.0 Å². The lowest BCUT2D eigenvalue weighted by molar-refractivity contribution is 0.605. The number of hydrogen-bond donors (Lipinski definition) is 0. The summed E-state index contributed by atoms with van der Waals surface area (Å²) < 4.78 is 0. The maximum atomic E-state index is 5.21. The Labute approximate surface area is 263 Å². The summed E-state index contributed by atoms with van der Waals surface area (Å²) in [6.45, 7) is 12.8. The normalized spacial score (nSPS) is 16.5. The lowest BCUT2D eigenvalue weighted by Gasteiger charge is -2.25. The van der Waals surface area contributed by atoms with Gasteiger partial charge in [-0.2, -0.15) is 5.10 Å². The number of hydrogen-bond acceptors (Lipinski definition) is 5. The van der Waals surface area contributed by atoms with E-state index in [4.69, 9.17) is 10.1 Å². The molecule has 5 nitrogen and oxygen atoms in total. The molecule has 0 amide bonds. The van der Waals surface area contributed by atoms with E-state index in [1.165, 1.54) is 28.1 Å². The van der Waals surface area contributed by atoms with Crippen LogP contribution in [0.5, 0.6) is 0 Å². The fraction of sp³-hybridized carbons (Fsp3) is 0.282. The van der Waals surface area contributed by atoms with E-state index in [-0.39, 0.29) is 12.0 Å². The summed E-state index contributed by atoms with van der Waals surface area (Å²) in [5.41, 5.74) is 7.21. The molecule has 0 N–H and O–H groups in total. The number of allylic oxidation sites excluding steroid dienone is 1. The van der Waals surface area contributed by atoms with E-state index in [1.807, 2.05) is 24.4 Å². The molecule has 0 saturated heterocycles. The van der Waals surface area contributed by atoms with Gasteiger partial charge in [-0.15, -0.1) is 0 Å². The van der Waals surface area contributed by atoms with Crippen LogP contribution in [0.15, 0.2) is 121 Å². The van der Waals surface area contributed by atoms with Crippen LogP contribution in [0, 0.1) is 5.92 Å². The predicted octanol–water partition coefficient (Wildman–Crippen LogP) is 8.60. The van der Waals surface area contributed by atoms with Gasteiger partial charge in [-0.3, -0.25) is 0 Å². The number of aromatic nitrogens is 1. The fourth-order valence-corrected chi connectivity index (χ4v) is 5.93. The van der Waals surface area contributed by atoms with Crippen molar-refractivity contribution < 1.29 is 0 Å². The average Bonchev–Trinajstić information content (AvgIpc) is 3.42. The molecule has 44 heavy (non-hydrogen) atoms. The van der Waals surface area contributed by atoms with Crippen LogP contribution in [0.3, 0.4) is 0 Å². The predicted molar refractivity (Wildman–Crippen MR) is 190 cm³/mol. The number of benzene rings is 3. The molecule has 0 spiro atoms. The molecule has 2 atom stereocenters. The molecule has 0 saturated carbocycles. The second kappa shape index (κ2) is 15.2. The molecule has 5 rings (SSSR count). The smallest absolute Gasteiger partial charge is 0.149 e. The van der Waals surface area contributed by atoms with Crippen LogP contribution >= 0.6 is 0 Å². The molecule has 3 aromatic carbocycles. The van der Waals surface area contributed by atoms with Crippen LogP contribution in [-0.4, -0.2) is 42.9 Å². The molecule has 1 aliphatic heterocycles. The molecule has 226 valence electrons. The Kier molecular flexibility index (Phi) is 10.6. The van der Waals surface area contributed by atoms with Gasteiger partial charge in [0.1, 0.15) is 5.82 Å². The summed E-state index contributed by atoms with van der Waals surface area (Å²) in [6, 6.07) is 34.4. The van der Waals surface area contributed by atoms with Gasteiger partial charge in [0, 0.05) is 49.7 Å². The standard InChI is InChI=1S/C39H45N5/c1-5-42(6-2)34-23-17-31(18-24-34)21-27-37-36(30-33-14-10-9-11-15-33)38(44(41-37)39-16-12-13-29-40-39)28-22-32-19-25-35(26-20-32)43(7-3)8-4/h9-29,36,38H,5-8,30H2,1-4H3. The lowest BCUT2D eigenvalue weighted by atomic mass is 9.87. The Bertz CT molecular complexity index is 1520. The molecular formula is C39H45N5. The number of rotatable bonds is 13. The highest BCUT2D eigenvalue weighted by Gasteiger charge is 2.36. The zero-order valence-electron chi connectivity index (χ0n) is 26.6. The third-order valence-corrected chi connectivity index (χ3v) is 8.46. The van der Waals surface area contributed by atoms with Crippen LogP contribution in [0.2, 0.25) is 0 Å². The maximum Gasteiger partial charge on any atom is 0.149 e. The summed E-state index contributed by atoms with van der Waals surface area (Å²) in [5.74, 6) is 1.00. The van der Waals surface area contributed by atoms with Gasteiger partial charge in [-0.1, -0.05) is 78.9 Å². The van der Waals surface area contributed by atoms with E-state index in [0.717, 1.165) is 44.1 Å². The first-order valence-corrected chi connectivity index (χ1v) is 16.0. The van der Waals surface area contributed by atoms with Crippen molar-refractivity contribution in [3.05, 3.63) is 132 Å². The second-order valence-electron chi connectivity index (χ2n) is 11.1. The zero-order valence-corrected chi connectivity index (χ0v) is 26.6. The van der Waals surface area contributed by atoms with Gasteiger partial charge in [0.05, 0.1) is 11.8 Å². The number of hydrazone groups is 1. The van der Waals surface area contributed by atoms with E-state index in [0.29, 0.717) is 0 Å². The summed E-state index contributed by atoms with van der Waals surface area (Å²) in [5, 5.41) is 7.31. The van der Waals surface area contributed by atoms with Crippen molar-refractivity contribution in [2.45, 2.75) is 40.2 Å². The molecule has 1 aliphatic rings. The molecule has 4 aromatic rings. The Morgan fingerprint density at radius 3 is 1.75 bits per heavy atom. The van der Waals surface area contributed by atoms with E-state index in [2.05, 4.69) is 146 Å². The molecule has 0 bridgehead atoms. The molecule has 1 aromatic heterocycles. The van der Waals surface area contributed by atoms with Crippen molar-refractivity contribution >= 4 is 35.1 Å². The first kappa shape index (κ1) is 30.8. The maximum absolute atomic E-state index is 5.21. The zero-order chi connectivity index (χ0) is 30.7. The molecule has 0 aliphatic carbocycles. The van der Waals surface area contributed by atoms with Crippen molar-refractivity contribution in [3.8, 4) is 0 Å². The number of pyridine rings is 1. The van der Waals surface area contributed by atoms with Crippen molar-refractivity contribution in [2.75, 3.05) is 41.0 Å². The molecule has 5 heteroatoms. The lowest BCUT2D eigenvalue weighted by Crippen LogP contribution is -2.33. The third-order valence-electron chi connectivity index (χ3n) is 8.46. The molecule has 2 unspecified atom stereocenters. The summed E-state index contributed by atoms with van der Waals surface area (Å²) in [6.07, 6.45) is 11.6. The van der Waals surface area contributed by atoms with Gasteiger partial charge < -0.3 is 9.80 Å². The largest absolute Gasteiger partial charge is 0.372 e. The van der Waals surface area contributed by atoms with Gasteiger partial charge in [0.2, 0.25) is 0 Å². The van der Waals surface area contributed by atoms with E-state index < -0.39 is 0 Å². The fourth-order valence-electron chi connectivity index (χ4n) is 5.93. The Hall–Kier alpha value is -4.64. The van der Waals surface area contributed by atoms with Crippen LogP contribution in [-0.2, 0) is 6.42 Å². The quantitative estimate of drug-likeness (QED) is 0.158. The highest BCUT2D eigenvalue weighted by Crippen LogP contribution is 2.32. The monoisotopic (exact) mass is 583 g/mol. The van der Waals surface area contributed by atoms with Crippen LogP contribution < -0.4 is 14.8 Å². The minimum atomic E-state index is 0.0113. The van der Waals surface area contributed by atoms with Gasteiger partial charge in [-0.25, -0.2) is 9.99 Å². The molecular weight excluding hydrogens is 538 g/mol. The van der Waals surface area contributed by atoms with Crippen LogP contribution in [0.1, 0.15) is 44.4 Å². The third kappa shape index (κ3) is 7.46. The van der Waals surface area contributed by atoms with Gasteiger partial charge >= 0.3 is 0 Å². The Morgan fingerprint density at radius 1 is 0.636 bits per heavy atom.